The summed E-state index contributed by atoms with van der Waals surface area (Å²) in [6.45, 7) is 4.73. The van der Waals surface area contributed by atoms with Crippen LogP contribution in [0, 0.1) is 6.92 Å². The number of rotatable bonds is 3. The fourth-order valence-corrected chi connectivity index (χ4v) is 4.22. The van der Waals surface area contributed by atoms with Gasteiger partial charge >= 0.3 is 6.18 Å². The number of piperazine rings is 1. The van der Waals surface area contributed by atoms with Crippen molar-refractivity contribution in [3.05, 3.63) is 53.1 Å². The van der Waals surface area contributed by atoms with Crippen LogP contribution < -0.4 is 10.2 Å². The van der Waals surface area contributed by atoms with E-state index in [1.165, 1.54) is 25.3 Å². The first-order valence-corrected chi connectivity index (χ1v) is 10.3. The fraction of sp³-hybridized carbons (Fsp3) is 0.348. The van der Waals surface area contributed by atoms with Crippen molar-refractivity contribution >= 4 is 35.1 Å². The molecule has 6 nitrogen and oxygen atoms in total. The molecule has 4 rings (SSSR count). The maximum atomic E-state index is 13.8. The number of aliphatic imine (C=N–C) groups is 1. The van der Waals surface area contributed by atoms with Gasteiger partial charge in [0.1, 0.15) is 5.92 Å². The summed E-state index contributed by atoms with van der Waals surface area (Å²) in [6, 6.07) is 9.43. The first-order valence-electron chi connectivity index (χ1n) is 10.3. The van der Waals surface area contributed by atoms with Crippen LogP contribution in [0.15, 0.2) is 41.4 Å². The van der Waals surface area contributed by atoms with Crippen LogP contribution in [0.3, 0.4) is 0 Å². The summed E-state index contributed by atoms with van der Waals surface area (Å²) >= 11 is 0. The zero-order valence-electron chi connectivity index (χ0n) is 17.7. The predicted molar refractivity (Wildman–Crippen MR) is 117 cm³/mol. The largest absolute Gasteiger partial charge is 0.418 e. The number of carbonyl (C=O) groups excluding carboxylic acids is 2. The van der Waals surface area contributed by atoms with Crippen LogP contribution in [0.25, 0.3) is 0 Å². The molecular weight excluding hydrogens is 421 g/mol. The lowest BCUT2D eigenvalue weighted by Gasteiger charge is -2.36. The van der Waals surface area contributed by atoms with Crippen molar-refractivity contribution in [2.24, 2.45) is 4.99 Å². The maximum absolute atomic E-state index is 13.8. The zero-order chi connectivity index (χ0) is 23.0. The Balaban J connectivity index is 1.61. The number of benzene rings is 2. The number of carbonyl (C=O) groups is 2. The van der Waals surface area contributed by atoms with Crippen LogP contribution in [-0.4, -0.2) is 49.1 Å². The number of alkyl halides is 3. The highest BCUT2D eigenvalue weighted by molar-refractivity contribution is 6.13. The van der Waals surface area contributed by atoms with E-state index in [0.29, 0.717) is 31.9 Å². The van der Waals surface area contributed by atoms with Crippen LogP contribution in [0.1, 0.15) is 29.5 Å². The molecule has 168 valence electrons. The summed E-state index contributed by atoms with van der Waals surface area (Å²) < 4.78 is 41.5. The van der Waals surface area contributed by atoms with Crippen LogP contribution in [0.2, 0.25) is 0 Å². The quantitative estimate of drug-likeness (QED) is 0.725. The SMILES string of the molecule is CC(=O)N1CCN(c2ccc(N=CC3C(=O)Nc4cccc(C)c43)cc2C(F)(F)F)CC1. The smallest absolute Gasteiger partial charge is 0.367 e. The molecule has 32 heavy (non-hydrogen) atoms. The molecule has 2 aromatic carbocycles. The molecule has 0 saturated carbocycles. The maximum Gasteiger partial charge on any atom is 0.418 e. The summed E-state index contributed by atoms with van der Waals surface area (Å²) in [5.41, 5.74) is 1.81. The molecule has 0 aromatic heterocycles. The van der Waals surface area contributed by atoms with Crippen LogP contribution in [0.5, 0.6) is 0 Å². The van der Waals surface area contributed by atoms with Crippen molar-refractivity contribution in [2.75, 3.05) is 36.4 Å². The molecule has 1 atom stereocenters. The van der Waals surface area contributed by atoms with Crippen LogP contribution in [0.4, 0.5) is 30.2 Å². The lowest BCUT2D eigenvalue weighted by molar-refractivity contribution is -0.137. The van der Waals surface area contributed by atoms with Gasteiger partial charge in [-0.3, -0.25) is 14.6 Å². The van der Waals surface area contributed by atoms with Crippen molar-refractivity contribution in [1.29, 1.82) is 0 Å². The predicted octanol–water partition coefficient (Wildman–Crippen LogP) is 4.12. The molecule has 9 heteroatoms. The summed E-state index contributed by atoms with van der Waals surface area (Å²) in [6.07, 6.45) is -3.17. The Labute approximate surface area is 183 Å². The van der Waals surface area contributed by atoms with Crippen molar-refractivity contribution in [3.8, 4) is 0 Å². The van der Waals surface area contributed by atoms with E-state index < -0.39 is 17.7 Å². The molecule has 2 aliphatic heterocycles. The molecule has 0 radical (unpaired) electrons. The summed E-state index contributed by atoms with van der Waals surface area (Å²) in [5, 5.41) is 2.78. The first kappa shape index (κ1) is 21.9. The Bertz CT molecular complexity index is 1090. The topological polar surface area (TPSA) is 65.0 Å². The average molecular weight is 444 g/mol. The Morgan fingerprint density at radius 1 is 1.16 bits per heavy atom. The monoisotopic (exact) mass is 444 g/mol. The van der Waals surface area contributed by atoms with Gasteiger partial charge in [-0.15, -0.1) is 0 Å². The molecule has 1 N–H and O–H groups in total. The van der Waals surface area contributed by atoms with Gasteiger partial charge in [-0.1, -0.05) is 12.1 Å². The van der Waals surface area contributed by atoms with Gasteiger partial charge in [0.05, 0.1) is 11.3 Å². The molecule has 0 spiro atoms. The second-order valence-electron chi connectivity index (χ2n) is 7.97. The van der Waals surface area contributed by atoms with Gasteiger partial charge in [0.2, 0.25) is 11.8 Å². The Hall–Kier alpha value is -3.36. The van der Waals surface area contributed by atoms with E-state index in [2.05, 4.69) is 10.3 Å². The highest BCUT2D eigenvalue weighted by atomic mass is 19.4. The molecule has 1 unspecified atom stereocenters. The summed E-state index contributed by atoms with van der Waals surface area (Å²) in [5.74, 6) is -0.993. The summed E-state index contributed by atoms with van der Waals surface area (Å²) in [4.78, 5) is 31.3. The molecule has 0 aliphatic carbocycles. The average Bonchev–Trinajstić information content (AvgIpc) is 3.08. The minimum atomic E-state index is -4.56. The molecule has 2 heterocycles. The molecule has 2 aliphatic rings. The van der Waals surface area contributed by atoms with Crippen LogP contribution in [-0.2, 0) is 15.8 Å². The third kappa shape index (κ3) is 4.19. The van der Waals surface area contributed by atoms with E-state index >= 15 is 0 Å². The molecule has 2 aromatic rings. The van der Waals surface area contributed by atoms with Gasteiger partial charge in [-0.05, 0) is 42.3 Å². The molecule has 0 bridgehead atoms. The molecular formula is C23H23F3N4O2. The summed E-state index contributed by atoms with van der Waals surface area (Å²) in [7, 11) is 0. The standard InChI is InChI=1S/C23H23F3N4O2/c1-14-4-3-5-19-21(14)17(22(32)28-19)13-27-16-6-7-20(18(12-16)23(24,25)26)30-10-8-29(9-11-30)15(2)31/h3-7,12-13,17H,8-11H2,1-2H3,(H,28,32). The fourth-order valence-electron chi connectivity index (χ4n) is 4.22. The van der Waals surface area contributed by atoms with Gasteiger partial charge in [0.25, 0.3) is 0 Å². The van der Waals surface area contributed by atoms with E-state index in [4.69, 9.17) is 0 Å². The second kappa shape index (κ2) is 8.29. The highest BCUT2D eigenvalue weighted by Gasteiger charge is 2.36. The molecule has 1 saturated heterocycles. The highest BCUT2D eigenvalue weighted by Crippen LogP contribution is 2.40. The van der Waals surface area contributed by atoms with E-state index in [9.17, 15) is 22.8 Å². The van der Waals surface area contributed by atoms with Crippen molar-refractivity contribution < 1.29 is 22.8 Å². The van der Waals surface area contributed by atoms with Crippen molar-refractivity contribution in [3.63, 3.8) is 0 Å². The number of aryl methyl sites for hydroxylation is 1. The number of anilines is 2. The first-order chi connectivity index (χ1) is 15.1. The van der Waals surface area contributed by atoms with E-state index in [0.717, 1.165) is 17.2 Å². The second-order valence-corrected chi connectivity index (χ2v) is 7.97. The van der Waals surface area contributed by atoms with Crippen molar-refractivity contribution in [1.82, 2.24) is 4.90 Å². The minimum absolute atomic E-state index is 0.0689. The van der Waals surface area contributed by atoms with Gasteiger partial charge in [0.15, 0.2) is 0 Å². The molecule has 2 amide bonds. The lowest BCUT2D eigenvalue weighted by Crippen LogP contribution is -2.48. The Morgan fingerprint density at radius 3 is 2.53 bits per heavy atom. The van der Waals surface area contributed by atoms with E-state index in [1.54, 1.807) is 15.9 Å². The number of nitrogens with zero attached hydrogens (tertiary/aromatic N) is 3. The lowest BCUT2D eigenvalue weighted by atomic mass is 9.97. The van der Waals surface area contributed by atoms with Gasteiger partial charge < -0.3 is 15.1 Å². The zero-order valence-corrected chi connectivity index (χ0v) is 17.7. The third-order valence-electron chi connectivity index (χ3n) is 5.90. The molecule has 1 fully saturated rings. The Morgan fingerprint density at radius 2 is 1.88 bits per heavy atom. The third-order valence-corrected chi connectivity index (χ3v) is 5.90. The number of nitrogens with one attached hydrogen (secondary N) is 1. The number of halogens is 3. The number of hydrogen-bond acceptors (Lipinski definition) is 4. The number of amides is 2. The normalized spacial score (nSPS) is 18.8. The minimum Gasteiger partial charge on any atom is -0.367 e. The van der Waals surface area contributed by atoms with Gasteiger partial charge in [-0.25, -0.2) is 0 Å². The van der Waals surface area contributed by atoms with Gasteiger partial charge in [0, 0.05) is 50.7 Å². The Kier molecular flexibility index (Phi) is 5.66. The van der Waals surface area contributed by atoms with E-state index in [1.807, 2.05) is 19.1 Å². The van der Waals surface area contributed by atoms with Gasteiger partial charge in [-0.2, -0.15) is 13.2 Å². The number of hydrogen-bond donors (Lipinski definition) is 1. The van der Waals surface area contributed by atoms with Crippen LogP contribution >= 0.6 is 0 Å². The van der Waals surface area contributed by atoms with E-state index in [-0.39, 0.29) is 23.2 Å². The number of fused-ring (bicyclic) bond motifs is 1. The van der Waals surface area contributed by atoms with Crippen molar-refractivity contribution in [2.45, 2.75) is 25.9 Å².